The average molecular weight is 538 g/mol. The SMILES string of the molecule is C#CCOCCOCCOCCOC[C@H](NCC(C=O)SC1NC(=O)NCC1C)c1ccc(OC)cc1. The van der Waals surface area contributed by atoms with Crippen molar-refractivity contribution >= 4 is 24.1 Å². The Morgan fingerprint density at radius 3 is 2.38 bits per heavy atom. The molecule has 4 atom stereocenters. The van der Waals surface area contributed by atoms with Gasteiger partial charge in [0, 0.05) is 19.0 Å². The van der Waals surface area contributed by atoms with E-state index in [2.05, 4.69) is 21.9 Å². The molecule has 3 N–H and O–H groups in total. The van der Waals surface area contributed by atoms with Gasteiger partial charge in [-0.3, -0.25) is 0 Å². The molecule has 0 bridgehead atoms. The summed E-state index contributed by atoms with van der Waals surface area (Å²) in [5, 5.41) is 8.66. The third kappa shape index (κ3) is 12.6. The van der Waals surface area contributed by atoms with Crippen LogP contribution in [-0.2, 0) is 23.7 Å². The Bertz CT molecular complexity index is 821. The lowest BCUT2D eigenvalue weighted by atomic mass is 10.1. The van der Waals surface area contributed by atoms with Crippen LogP contribution in [0.25, 0.3) is 0 Å². The molecule has 10 nitrogen and oxygen atoms in total. The van der Waals surface area contributed by atoms with E-state index in [1.807, 2.05) is 31.2 Å². The number of nitrogens with one attached hydrogen (secondary N) is 3. The molecule has 1 aliphatic rings. The molecule has 1 aromatic rings. The van der Waals surface area contributed by atoms with Crippen LogP contribution in [0.1, 0.15) is 18.5 Å². The molecule has 2 amide bonds. The van der Waals surface area contributed by atoms with Crippen LogP contribution >= 0.6 is 11.8 Å². The zero-order valence-electron chi connectivity index (χ0n) is 21.6. The Kier molecular flexibility index (Phi) is 15.7. The van der Waals surface area contributed by atoms with Gasteiger partial charge in [0.25, 0.3) is 0 Å². The maximum Gasteiger partial charge on any atom is 0.315 e. The van der Waals surface area contributed by atoms with Crippen molar-refractivity contribution in [2.75, 3.05) is 73.1 Å². The van der Waals surface area contributed by atoms with Gasteiger partial charge in [-0.2, -0.15) is 0 Å². The number of aldehydes is 1. The molecule has 0 radical (unpaired) electrons. The topological polar surface area (TPSA) is 116 Å². The Hall–Kier alpha value is -2.33. The number of benzene rings is 1. The fourth-order valence-electron chi connectivity index (χ4n) is 3.43. The number of methoxy groups -OCH3 is 1. The predicted octanol–water partition coefficient (Wildman–Crippen LogP) is 1.60. The van der Waals surface area contributed by atoms with E-state index >= 15 is 0 Å². The molecule has 37 heavy (non-hydrogen) atoms. The standard InChI is InChI=1S/C26H39N3O7S/c1-4-9-33-10-11-34-12-13-35-14-15-36-19-24(21-5-7-22(32-3)8-6-21)27-17-23(18-30)37-25-20(2)16-28-26(31)29-25/h1,5-8,18,20,23-25,27H,9-17,19H2,2-3H3,(H2,28,29,31)/t20?,23?,24-,25?/m0/s1. The van der Waals surface area contributed by atoms with Crippen LogP contribution in [0, 0.1) is 18.3 Å². The zero-order chi connectivity index (χ0) is 26.7. The predicted molar refractivity (Wildman–Crippen MR) is 143 cm³/mol. The molecule has 0 saturated carbocycles. The van der Waals surface area contributed by atoms with Crippen LogP contribution < -0.4 is 20.7 Å². The summed E-state index contributed by atoms with van der Waals surface area (Å²) in [7, 11) is 1.62. The Labute approximate surface area is 223 Å². The van der Waals surface area contributed by atoms with E-state index in [-0.39, 0.29) is 35.2 Å². The van der Waals surface area contributed by atoms with Crippen molar-refractivity contribution in [3.63, 3.8) is 0 Å². The minimum absolute atomic E-state index is 0.127. The fourth-order valence-corrected chi connectivity index (χ4v) is 4.60. The summed E-state index contributed by atoms with van der Waals surface area (Å²) >= 11 is 1.46. The molecule has 1 saturated heterocycles. The average Bonchev–Trinajstić information content (AvgIpc) is 2.92. The summed E-state index contributed by atoms with van der Waals surface area (Å²) in [6.07, 6.45) is 6.02. The lowest BCUT2D eigenvalue weighted by Crippen LogP contribution is -2.53. The molecule has 1 heterocycles. The number of carbonyl (C=O) groups excluding carboxylic acids is 2. The first kappa shape index (κ1) is 30.9. The number of terminal acetylenes is 1. The first-order valence-corrected chi connectivity index (χ1v) is 13.3. The number of ether oxygens (including phenoxy) is 5. The lowest BCUT2D eigenvalue weighted by molar-refractivity contribution is -0.107. The van der Waals surface area contributed by atoms with Gasteiger partial charge in [0.1, 0.15) is 18.6 Å². The molecule has 0 aromatic heterocycles. The quantitative estimate of drug-likeness (QED) is 0.130. The van der Waals surface area contributed by atoms with Gasteiger partial charge in [-0.25, -0.2) is 4.79 Å². The molecule has 1 aliphatic heterocycles. The number of amides is 2. The smallest absolute Gasteiger partial charge is 0.315 e. The van der Waals surface area contributed by atoms with Gasteiger partial charge < -0.3 is 44.4 Å². The van der Waals surface area contributed by atoms with Crippen LogP contribution in [0.15, 0.2) is 24.3 Å². The van der Waals surface area contributed by atoms with Crippen molar-refractivity contribution in [1.82, 2.24) is 16.0 Å². The van der Waals surface area contributed by atoms with Crippen molar-refractivity contribution in [3.8, 4) is 18.1 Å². The zero-order valence-corrected chi connectivity index (χ0v) is 22.4. The first-order valence-electron chi connectivity index (χ1n) is 12.3. The number of hydrogen-bond acceptors (Lipinski definition) is 9. The van der Waals surface area contributed by atoms with Gasteiger partial charge in [-0.15, -0.1) is 18.2 Å². The second-order valence-corrected chi connectivity index (χ2v) is 9.74. The lowest BCUT2D eigenvalue weighted by Gasteiger charge is -2.32. The Balaban J connectivity index is 1.76. The first-order chi connectivity index (χ1) is 18.1. The van der Waals surface area contributed by atoms with Crippen molar-refractivity contribution in [2.24, 2.45) is 5.92 Å². The Morgan fingerprint density at radius 1 is 1.11 bits per heavy atom. The molecular weight excluding hydrogens is 498 g/mol. The molecule has 0 aliphatic carbocycles. The highest BCUT2D eigenvalue weighted by Gasteiger charge is 2.28. The molecule has 11 heteroatoms. The summed E-state index contributed by atoms with van der Waals surface area (Å²) in [4.78, 5) is 23.5. The molecule has 1 aromatic carbocycles. The van der Waals surface area contributed by atoms with E-state index in [9.17, 15) is 9.59 Å². The van der Waals surface area contributed by atoms with Gasteiger partial charge in [0.05, 0.1) is 70.0 Å². The second-order valence-electron chi connectivity index (χ2n) is 8.35. The molecule has 1 fully saturated rings. The van der Waals surface area contributed by atoms with Gasteiger partial charge >= 0.3 is 6.03 Å². The Morgan fingerprint density at radius 2 is 1.76 bits per heavy atom. The highest BCUT2D eigenvalue weighted by molar-refractivity contribution is 8.01. The van der Waals surface area contributed by atoms with Gasteiger partial charge in [-0.05, 0) is 17.7 Å². The summed E-state index contributed by atoms with van der Waals surface area (Å²) in [5.41, 5.74) is 1.01. The maximum absolute atomic E-state index is 11.8. The van der Waals surface area contributed by atoms with E-state index in [1.54, 1.807) is 7.11 Å². The molecule has 0 spiro atoms. The van der Waals surface area contributed by atoms with Crippen LogP contribution in [0.5, 0.6) is 5.75 Å². The van der Waals surface area contributed by atoms with Crippen LogP contribution in [0.2, 0.25) is 0 Å². The van der Waals surface area contributed by atoms with Crippen molar-refractivity contribution in [1.29, 1.82) is 0 Å². The van der Waals surface area contributed by atoms with Crippen LogP contribution in [0.4, 0.5) is 4.79 Å². The third-order valence-corrected chi connectivity index (χ3v) is 7.02. The van der Waals surface area contributed by atoms with E-state index in [0.29, 0.717) is 59.3 Å². The van der Waals surface area contributed by atoms with Crippen molar-refractivity contribution in [2.45, 2.75) is 23.6 Å². The summed E-state index contributed by atoms with van der Waals surface area (Å²) in [6.45, 7) is 6.46. The monoisotopic (exact) mass is 537 g/mol. The number of thioether (sulfide) groups is 1. The van der Waals surface area contributed by atoms with E-state index < -0.39 is 0 Å². The number of urea groups is 1. The van der Waals surface area contributed by atoms with Crippen molar-refractivity contribution in [3.05, 3.63) is 29.8 Å². The van der Waals surface area contributed by atoms with Crippen LogP contribution in [-0.4, -0.2) is 96.0 Å². The summed E-state index contributed by atoms with van der Waals surface area (Å²) in [6, 6.07) is 7.38. The minimum Gasteiger partial charge on any atom is -0.497 e. The van der Waals surface area contributed by atoms with E-state index in [1.165, 1.54) is 11.8 Å². The second kappa shape index (κ2) is 18.8. The van der Waals surface area contributed by atoms with Gasteiger partial charge in [-0.1, -0.05) is 25.0 Å². The maximum atomic E-state index is 11.8. The normalized spacial score (nSPS) is 18.8. The minimum atomic E-state index is -0.327. The molecule has 2 rings (SSSR count). The van der Waals surface area contributed by atoms with Gasteiger partial charge in [0.15, 0.2) is 0 Å². The van der Waals surface area contributed by atoms with E-state index in [0.717, 1.165) is 17.6 Å². The summed E-state index contributed by atoms with van der Waals surface area (Å²) in [5.74, 6) is 3.37. The van der Waals surface area contributed by atoms with Gasteiger partial charge in [0.2, 0.25) is 0 Å². The highest BCUT2D eigenvalue weighted by Crippen LogP contribution is 2.24. The number of hydrogen-bond donors (Lipinski definition) is 3. The molecule has 206 valence electrons. The summed E-state index contributed by atoms with van der Waals surface area (Å²) < 4.78 is 27.2. The van der Waals surface area contributed by atoms with E-state index in [4.69, 9.17) is 30.1 Å². The largest absolute Gasteiger partial charge is 0.497 e. The highest BCUT2D eigenvalue weighted by atomic mass is 32.2. The molecule has 3 unspecified atom stereocenters. The number of rotatable bonds is 20. The van der Waals surface area contributed by atoms with Crippen LogP contribution in [0.3, 0.4) is 0 Å². The third-order valence-electron chi connectivity index (χ3n) is 5.52. The number of carbonyl (C=O) groups is 2. The van der Waals surface area contributed by atoms with Crippen molar-refractivity contribution < 1.29 is 33.3 Å². The molecular formula is C26H39N3O7S. The fraction of sp³-hybridized carbons (Fsp3) is 0.615.